The molecule has 1 aliphatic heterocycles. The Morgan fingerprint density at radius 3 is 2.35 bits per heavy atom. The Morgan fingerprint density at radius 2 is 1.62 bits per heavy atom. The van der Waals surface area contributed by atoms with Gasteiger partial charge in [-0.2, -0.15) is 0 Å². The summed E-state index contributed by atoms with van der Waals surface area (Å²) in [6.07, 6.45) is 5.22. The van der Waals surface area contributed by atoms with Crippen molar-refractivity contribution in [2.45, 2.75) is 64.9 Å². The van der Waals surface area contributed by atoms with Gasteiger partial charge in [-0.05, 0) is 50.7 Å². The van der Waals surface area contributed by atoms with Crippen LogP contribution in [0.25, 0.3) is 11.1 Å². The Balaban J connectivity index is 1.08. The molecule has 1 aromatic heterocycles. The molecule has 3 aromatic rings. The smallest absolute Gasteiger partial charge is 0.411 e. The van der Waals surface area contributed by atoms with Gasteiger partial charge in [-0.15, -0.1) is 0 Å². The maximum Gasteiger partial charge on any atom is 0.411 e. The Hall–Kier alpha value is -3.96. The highest BCUT2D eigenvalue weighted by Gasteiger charge is 2.24. The quantitative estimate of drug-likeness (QED) is 0.167. The number of amides is 3. The first-order valence-electron chi connectivity index (χ1n) is 17.2. The first kappa shape index (κ1) is 36.9. The average Bonchev–Trinajstić information content (AvgIpc) is 3.49. The molecule has 1 aliphatic rings. The predicted molar refractivity (Wildman–Crippen MR) is 195 cm³/mol. The fourth-order valence-electron chi connectivity index (χ4n) is 5.86. The summed E-state index contributed by atoms with van der Waals surface area (Å²) in [6.45, 7) is 8.68. The van der Waals surface area contributed by atoms with Crippen molar-refractivity contribution in [1.82, 2.24) is 19.7 Å². The minimum absolute atomic E-state index is 0.0363. The second-order valence-electron chi connectivity index (χ2n) is 12.7. The van der Waals surface area contributed by atoms with Gasteiger partial charge in [-0.3, -0.25) is 14.9 Å². The molecule has 11 heteroatoms. The number of hydrogen-bond donors (Lipinski definition) is 1. The standard InChI is InChI=1S/C37H52N6O4S/c1-6-22-41(4)35(45)34-28(2)38-36(48-34)42(5)23-14-8-11-19-33(44)40(3)26-27-43-24-20-30(21-25-43)47-37(46)39-32-18-13-12-17-31(32)29-15-9-7-10-16-29/h7,9-10,12-13,15-18,30H,6,8,11,14,19-27H2,1-5H3,(H,39,46). The summed E-state index contributed by atoms with van der Waals surface area (Å²) in [5, 5.41) is 3.80. The van der Waals surface area contributed by atoms with Crippen LogP contribution in [0.4, 0.5) is 15.6 Å². The lowest BCUT2D eigenvalue weighted by molar-refractivity contribution is -0.130. The SMILES string of the molecule is CCCN(C)C(=O)c1sc(N(C)CCCCCC(=O)N(C)CCN2CCC(OC(=O)Nc3ccccc3-c3ccccc3)CC2)nc1C. The van der Waals surface area contributed by atoms with E-state index in [4.69, 9.17) is 4.74 Å². The summed E-state index contributed by atoms with van der Waals surface area (Å²) in [5.41, 5.74) is 3.51. The van der Waals surface area contributed by atoms with E-state index in [1.165, 1.54) is 11.3 Å². The van der Waals surface area contributed by atoms with E-state index in [0.29, 0.717) is 17.8 Å². The third-order valence-electron chi connectivity index (χ3n) is 8.83. The summed E-state index contributed by atoms with van der Waals surface area (Å²) >= 11 is 1.46. The van der Waals surface area contributed by atoms with Crippen molar-refractivity contribution in [3.05, 3.63) is 65.2 Å². The van der Waals surface area contributed by atoms with E-state index in [-0.39, 0.29) is 17.9 Å². The third-order valence-corrected chi connectivity index (χ3v) is 10.1. The van der Waals surface area contributed by atoms with Crippen LogP contribution in [-0.4, -0.2) is 104 Å². The molecular weight excluding hydrogens is 625 g/mol. The van der Waals surface area contributed by atoms with Gasteiger partial charge < -0.3 is 24.3 Å². The fraction of sp³-hybridized carbons (Fsp3) is 0.514. The highest BCUT2D eigenvalue weighted by atomic mass is 32.1. The number of carbonyl (C=O) groups is 3. The van der Waals surface area contributed by atoms with Crippen LogP contribution in [0.2, 0.25) is 0 Å². The van der Waals surface area contributed by atoms with E-state index < -0.39 is 6.09 Å². The molecule has 1 fully saturated rings. The number of hydrogen-bond acceptors (Lipinski definition) is 8. The molecular formula is C37H52N6O4S. The van der Waals surface area contributed by atoms with Crippen molar-refractivity contribution < 1.29 is 19.1 Å². The molecule has 0 unspecified atom stereocenters. The zero-order valence-corrected chi connectivity index (χ0v) is 30.1. The third kappa shape index (κ3) is 10.8. The van der Waals surface area contributed by atoms with E-state index in [1.54, 1.807) is 4.90 Å². The van der Waals surface area contributed by atoms with Crippen LogP contribution >= 0.6 is 11.3 Å². The lowest BCUT2D eigenvalue weighted by Crippen LogP contribution is -2.42. The number of aromatic nitrogens is 1. The molecule has 1 saturated heterocycles. The van der Waals surface area contributed by atoms with Gasteiger partial charge in [-0.1, -0.05) is 73.2 Å². The van der Waals surface area contributed by atoms with Crippen LogP contribution in [0.5, 0.6) is 0 Å². The molecule has 0 saturated carbocycles. The molecule has 2 aromatic carbocycles. The Bertz CT molecular complexity index is 1470. The molecule has 260 valence electrons. The summed E-state index contributed by atoms with van der Waals surface area (Å²) < 4.78 is 5.77. The molecule has 0 spiro atoms. The normalized spacial score (nSPS) is 13.6. The molecule has 3 amide bonds. The number of benzene rings is 2. The topological polar surface area (TPSA) is 98.3 Å². The molecule has 0 bridgehead atoms. The molecule has 48 heavy (non-hydrogen) atoms. The van der Waals surface area contributed by atoms with E-state index in [1.807, 2.05) is 87.6 Å². The van der Waals surface area contributed by atoms with Crippen molar-refractivity contribution in [2.24, 2.45) is 0 Å². The molecule has 10 nitrogen and oxygen atoms in total. The van der Waals surface area contributed by atoms with Gasteiger partial charge in [0.15, 0.2) is 5.13 Å². The number of nitrogens with one attached hydrogen (secondary N) is 1. The van der Waals surface area contributed by atoms with Crippen LogP contribution in [-0.2, 0) is 9.53 Å². The summed E-state index contributed by atoms with van der Waals surface area (Å²) in [4.78, 5) is 51.6. The number of ether oxygens (including phenoxy) is 1. The lowest BCUT2D eigenvalue weighted by atomic mass is 10.0. The summed E-state index contributed by atoms with van der Waals surface area (Å²) in [6, 6.07) is 17.7. The van der Waals surface area contributed by atoms with Gasteiger partial charge in [0.2, 0.25) is 5.91 Å². The highest BCUT2D eigenvalue weighted by molar-refractivity contribution is 7.17. The van der Waals surface area contributed by atoms with Gasteiger partial charge in [0.25, 0.3) is 5.91 Å². The number of nitrogens with zero attached hydrogens (tertiary/aromatic N) is 5. The number of carbonyl (C=O) groups excluding carboxylic acids is 3. The summed E-state index contributed by atoms with van der Waals surface area (Å²) in [5.74, 6) is 0.207. The van der Waals surface area contributed by atoms with Gasteiger partial charge in [-0.25, -0.2) is 9.78 Å². The van der Waals surface area contributed by atoms with Crippen LogP contribution in [0.1, 0.15) is 67.2 Å². The molecule has 0 radical (unpaired) electrons. The minimum atomic E-state index is -0.427. The second-order valence-corrected chi connectivity index (χ2v) is 13.6. The predicted octanol–water partition coefficient (Wildman–Crippen LogP) is 6.77. The first-order valence-corrected chi connectivity index (χ1v) is 18.0. The van der Waals surface area contributed by atoms with Gasteiger partial charge >= 0.3 is 6.09 Å². The van der Waals surface area contributed by atoms with Crippen LogP contribution in [0, 0.1) is 6.92 Å². The van der Waals surface area contributed by atoms with Crippen LogP contribution in [0.3, 0.4) is 0 Å². The molecule has 1 N–H and O–H groups in total. The Morgan fingerprint density at radius 1 is 0.917 bits per heavy atom. The average molecular weight is 677 g/mol. The number of piperidine rings is 1. The van der Waals surface area contributed by atoms with Gasteiger partial charge in [0, 0.05) is 72.4 Å². The van der Waals surface area contributed by atoms with Crippen molar-refractivity contribution in [2.75, 3.05) is 70.6 Å². The van der Waals surface area contributed by atoms with Crippen molar-refractivity contribution >= 4 is 40.1 Å². The maximum atomic E-state index is 12.8. The Labute approximate surface area is 290 Å². The summed E-state index contributed by atoms with van der Waals surface area (Å²) in [7, 11) is 5.73. The molecule has 0 aliphatic carbocycles. The van der Waals surface area contributed by atoms with Crippen molar-refractivity contribution in [3.63, 3.8) is 0 Å². The van der Waals surface area contributed by atoms with E-state index >= 15 is 0 Å². The monoisotopic (exact) mass is 676 g/mol. The highest BCUT2D eigenvalue weighted by Crippen LogP contribution is 2.29. The number of anilines is 2. The number of likely N-dealkylation sites (tertiary alicyclic amines) is 1. The van der Waals surface area contributed by atoms with Gasteiger partial charge in [0.05, 0.1) is 11.4 Å². The second kappa shape index (κ2) is 18.5. The maximum absolute atomic E-state index is 12.8. The zero-order chi connectivity index (χ0) is 34.5. The molecule has 2 heterocycles. The van der Waals surface area contributed by atoms with Crippen molar-refractivity contribution in [3.8, 4) is 11.1 Å². The number of aryl methyl sites for hydroxylation is 1. The number of para-hydroxylation sites is 1. The molecule has 0 atom stereocenters. The minimum Gasteiger partial charge on any atom is -0.446 e. The first-order chi connectivity index (χ1) is 23.2. The van der Waals surface area contributed by atoms with E-state index in [0.717, 1.165) is 98.9 Å². The van der Waals surface area contributed by atoms with E-state index in [2.05, 4.69) is 27.0 Å². The van der Waals surface area contributed by atoms with Crippen LogP contribution < -0.4 is 10.2 Å². The number of thiazole rings is 1. The number of likely N-dealkylation sites (N-methyl/N-ethyl adjacent to an activating group) is 1. The van der Waals surface area contributed by atoms with Gasteiger partial charge in [0.1, 0.15) is 11.0 Å². The zero-order valence-electron chi connectivity index (χ0n) is 29.2. The number of rotatable bonds is 16. The Kier molecular flexibility index (Phi) is 14.2. The number of unbranched alkanes of at least 4 members (excludes halogenated alkanes) is 2. The lowest BCUT2D eigenvalue weighted by Gasteiger charge is -2.32. The van der Waals surface area contributed by atoms with Crippen molar-refractivity contribution in [1.29, 1.82) is 0 Å². The van der Waals surface area contributed by atoms with Crippen LogP contribution in [0.15, 0.2) is 54.6 Å². The molecule has 4 rings (SSSR count). The largest absolute Gasteiger partial charge is 0.446 e. The van der Waals surface area contributed by atoms with E-state index in [9.17, 15) is 14.4 Å². The fourth-order valence-corrected chi connectivity index (χ4v) is 6.91.